The number of hydrogen-bond acceptors (Lipinski definition) is 2. The Morgan fingerprint density at radius 2 is 1.90 bits per heavy atom. The Morgan fingerprint density at radius 3 is 2.40 bits per heavy atom. The van der Waals surface area contributed by atoms with E-state index in [-0.39, 0.29) is 7.44 Å². The molecule has 0 bridgehead atoms. The van der Waals surface area contributed by atoms with E-state index in [4.69, 9.17) is 22.4 Å². The summed E-state index contributed by atoms with van der Waals surface area (Å²) in [5.74, 6) is 0. The molecule has 0 nitrogen and oxygen atoms in total. The van der Waals surface area contributed by atoms with E-state index in [0.717, 1.165) is 6.32 Å². The zero-order chi connectivity index (χ0) is 7.82. The van der Waals surface area contributed by atoms with Crippen molar-refractivity contribution in [3.05, 3.63) is 0 Å². The van der Waals surface area contributed by atoms with Crippen LogP contribution >= 0.6 is 0 Å². The second-order valence-corrected chi connectivity index (χ2v) is 5.92. The van der Waals surface area contributed by atoms with Gasteiger partial charge in [0.2, 0.25) is 0 Å². The SMILES string of the molecule is CCCCCCB=S(=S)=S. The summed E-state index contributed by atoms with van der Waals surface area (Å²) in [4.78, 5) is 0. The first-order chi connectivity index (χ1) is 4.77. The van der Waals surface area contributed by atoms with Crippen LogP contribution < -0.4 is 0 Å². The molecule has 0 saturated carbocycles. The molecular weight excluding hydrogens is 179 g/mol. The summed E-state index contributed by atoms with van der Waals surface area (Å²) in [6.07, 6.45) is 8.43. The van der Waals surface area contributed by atoms with Crippen molar-refractivity contribution in [2.75, 3.05) is 0 Å². The van der Waals surface area contributed by atoms with E-state index in [1.807, 2.05) is 0 Å². The average Bonchev–Trinajstić information content (AvgIpc) is 1.87. The van der Waals surface area contributed by atoms with Gasteiger partial charge in [-0.25, -0.2) is 0 Å². The average molecular weight is 192 g/mol. The molecule has 10 heavy (non-hydrogen) atoms. The zero-order valence-electron chi connectivity index (χ0n) is 6.34. The summed E-state index contributed by atoms with van der Waals surface area (Å²) < 4.78 is 0. The van der Waals surface area contributed by atoms with E-state index in [1.54, 1.807) is 0 Å². The van der Waals surface area contributed by atoms with Gasteiger partial charge in [-0.2, -0.15) is 0 Å². The van der Waals surface area contributed by atoms with Crippen LogP contribution in [0.2, 0.25) is 6.32 Å². The normalized spacial score (nSPS) is 8.90. The Bertz CT molecular complexity index is 173. The Hall–Kier alpha value is 0.725. The molecule has 0 unspecified atom stereocenters. The van der Waals surface area contributed by atoms with Crippen molar-refractivity contribution in [3.8, 4) is 0 Å². The topological polar surface area (TPSA) is 0 Å². The molecule has 4 heteroatoms. The third-order valence-corrected chi connectivity index (χ3v) is 2.64. The van der Waals surface area contributed by atoms with Crippen LogP contribution in [-0.2, 0) is 29.8 Å². The third kappa shape index (κ3) is 8.72. The van der Waals surface area contributed by atoms with Crippen molar-refractivity contribution < 1.29 is 0 Å². The molecule has 0 aromatic heterocycles. The van der Waals surface area contributed by atoms with Gasteiger partial charge >= 0.3 is 74.9 Å². The molecule has 0 atom stereocenters. The predicted molar refractivity (Wildman–Crippen MR) is 56.8 cm³/mol. The predicted octanol–water partition coefficient (Wildman–Crippen LogP) is 2.15. The summed E-state index contributed by atoms with van der Waals surface area (Å²) in [7, 11) is -0.279. The zero-order valence-corrected chi connectivity index (χ0v) is 8.79. The summed E-state index contributed by atoms with van der Waals surface area (Å²) in [6.45, 7) is 2.22. The fourth-order valence-electron chi connectivity index (χ4n) is 0.751. The van der Waals surface area contributed by atoms with Crippen LogP contribution in [0, 0.1) is 0 Å². The van der Waals surface area contributed by atoms with Crippen LogP contribution in [0.5, 0.6) is 0 Å². The number of hydrogen-bond donors (Lipinski definition) is 0. The molecule has 0 spiro atoms. The van der Waals surface area contributed by atoms with Crippen LogP contribution in [0.3, 0.4) is 0 Å². The standard InChI is InChI=1S/C6H13BS3/c1-2-3-4-5-6-7-10(8)9/h2-6H2,1H3. The van der Waals surface area contributed by atoms with Crippen molar-refractivity contribution in [1.29, 1.82) is 0 Å². The molecule has 0 aromatic rings. The molecule has 0 aliphatic carbocycles. The Balaban J connectivity index is 3.14. The third-order valence-electron chi connectivity index (χ3n) is 1.31. The molecule has 58 valence electrons. The monoisotopic (exact) mass is 192 g/mol. The minimum absolute atomic E-state index is 0.279. The molecule has 0 aliphatic rings. The minimum atomic E-state index is -0.279. The Morgan fingerprint density at radius 1 is 1.20 bits per heavy atom. The molecule has 0 saturated heterocycles. The van der Waals surface area contributed by atoms with Gasteiger partial charge in [0.1, 0.15) is 0 Å². The maximum atomic E-state index is 4.84. The summed E-state index contributed by atoms with van der Waals surface area (Å²) in [5.41, 5.74) is 0. The van der Waals surface area contributed by atoms with Gasteiger partial charge in [0.15, 0.2) is 0 Å². The van der Waals surface area contributed by atoms with Gasteiger partial charge in [-0.1, -0.05) is 0 Å². The maximum absolute atomic E-state index is 4.84. The molecule has 0 radical (unpaired) electrons. The van der Waals surface area contributed by atoms with Crippen LogP contribution in [0.15, 0.2) is 0 Å². The van der Waals surface area contributed by atoms with Gasteiger partial charge in [-0.05, 0) is 0 Å². The first-order valence-corrected chi connectivity index (χ1v) is 6.82. The van der Waals surface area contributed by atoms with E-state index in [2.05, 4.69) is 13.1 Å². The molecule has 0 rings (SSSR count). The molecule has 0 aromatic carbocycles. The Kier molecular flexibility index (Phi) is 8.40. The van der Waals surface area contributed by atoms with Crippen LogP contribution in [-0.4, -0.2) is 6.15 Å². The van der Waals surface area contributed by atoms with Crippen molar-refractivity contribution in [2.45, 2.75) is 38.9 Å². The van der Waals surface area contributed by atoms with Crippen LogP contribution in [0.25, 0.3) is 0 Å². The van der Waals surface area contributed by atoms with Gasteiger partial charge in [-0.15, -0.1) is 0 Å². The van der Waals surface area contributed by atoms with E-state index in [0.29, 0.717) is 0 Å². The first-order valence-electron chi connectivity index (χ1n) is 3.68. The fraction of sp³-hybridized carbons (Fsp3) is 1.00. The molecule has 0 aliphatic heterocycles. The second-order valence-electron chi connectivity index (χ2n) is 2.28. The van der Waals surface area contributed by atoms with Crippen molar-refractivity contribution >= 4 is 36.0 Å². The summed E-state index contributed by atoms with van der Waals surface area (Å²) in [5, 5.41) is 0. The quantitative estimate of drug-likeness (QED) is 0.483. The van der Waals surface area contributed by atoms with Crippen molar-refractivity contribution in [1.82, 2.24) is 0 Å². The Labute approximate surface area is 74.9 Å². The van der Waals surface area contributed by atoms with E-state index < -0.39 is 0 Å². The van der Waals surface area contributed by atoms with Crippen molar-refractivity contribution in [2.24, 2.45) is 0 Å². The molecule has 0 heterocycles. The van der Waals surface area contributed by atoms with E-state index >= 15 is 0 Å². The van der Waals surface area contributed by atoms with Crippen LogP contribution in [0.1, 0.15) is 32.6 Å². The summed E-state index contributed by atoms with van der Waals surface area (Å²) >= 11 is 9.69. The van der Waals surface area contributed by atoms with E-state index in [9.17, 15) is 0 Å². The second kappa shape index (κ2) is 7.83. The van der Waals surface area contributed by atoms with Gasteiger partial charge in [0.05, 0.1) is 0 Å². The van der Waals surface area contributed by atoms with Gasteiger partial charge in [0, 0.05) is 0 Å². The molecule has 0 amide bonds. The van der Waals surface area contributed by atoms with Gasteiger partial charge < -0.3 is 0 Å². The number of unbranched alkanes of at least 4 members (excludes halogenated alkanes) is 3. The molecular formula is C6H13BS3. The molecule has 0 N–H and O–H groups in total. The van der Waals surface area contributed by atoms with E-state index in [1.165, 1.54) is 25.7 Å². The molecule has 0 fully saturated rings. The van der Waals surface area contributed by atoms with Gasteiger partial charge in [0.25, 0.3) is 0 Å². The summed E-state index contributed by atoms with van der Waals surface area (Å²) in [6, 6.07) is 0. The van der Waals surface area contributed by atoms with Crippen LogP contribution in [0.4, 0.5) is 0 Å². The fourth-order valence-corrected chi connectivity index (χ4v) is 1.69. The van der Waals surface area contributed by atoms with Gasteiger partial charge in [-0.3, -0.25) is 0 Å². The first kappa shape index (κ1) is 10.7. The number of rotatable bonds is 5. The van der Waals surface area contributed by atoms with Crippen molar-refractivity contribution in [3.63, 3.8) is 0 Å².